The van der Waals surface area contributed by atoms with Crippen LogP contribution >= 0.6 is 0 Å². The number of anilines is 4. The minimum absolute atomic E-state index is 0.00278. The summed E-state index contributed by atoms with van der Waals surface area (Å²) >= 11 is 0. The SMILES string of the molecule is [2H]c1c([2H])c([2H])c(-c2c([2H])c(-c3ccccc3)c([2H])c(-c3cccc(-c4c([2H])c([2H])c5c(c4[2H])C(C)(C)CCC5(C)C)c3Nc3ccccc3Nc3cccc(Oc4ccc5c6ccccc6n(-c6cc(C([2H])([2H])C(C)C)ccn6)c5c4)c3)c2[2H])c([2H])c1[2H]. The molecule has 12 rings (SSSR count). The van der Waals surface area contributed by atoms with Gasteiger partial charge in [-0.1, -0.05) is 175 Å². The van der Waals surface area contributed by atoms with Gasteiger partial charge in [-0.05, 0) is 159 Å². The first-order valence-electron chi connectivity index (χ1n) is 32.3. The first kappa shape index (κ1) is 35.5. The van der Waals surface area contributed by atoms with Crippen molar-refractivity contribution < 1.29 is 22.6 Å². The highest BCUT2D eigenvalue weighted by Crippen LogP contribution is 2.49. The van der Waals surface area contributed by atoms with Crippen molar-refractivity contribution in [3.63, 3.8) is 0 Å². The third-order valence-electron chi connectivity index (χ3n) is 14.3. The lowest BCUT2D eigenvalue weighted by atomic mass is 9.63. The third kappa shape index (κ3) is 9.54. The lowest BCUT2D eigenvalue weighted by molar-refractivity contribution is 0.332. The number of nitrogens with one attached hydrogen (secondary N) is 2. The van der Waals surface area contributed by atoms with Gasteiger partial charge in [0.15, 0.2) is 0 Å². The molecule has 0 atom stereocenters. The van der Waals surface area contributed by atoms with Crippen LogP contribution in [0.25, 0.3) is 72.1 Å². The Bertz CT molecular complexity index is 4660. The fraction of sp³-hybridized carbons (Fsp3) is 0.169. The minimum Gasteiger partial charge on any atom is -0.457 e. The van der Waals surface area contributed by atoms with Gasteiger partial charge >= 0.3 is 0 Å². The molecule has 0 spiro atoms. The van der Waals surface area contributed by atoms with Crippen molar-refractivity contribution in [1.82, 2.24) is 9.55 Å². The second-order valence-electron chi connectivity index (χ2n) is 21.0. The van der Waals surface area contributed by atoms with E-state index in [-0.39, 0.29) is 75.2 Å². The molecule has 0 unspecified atom stereocenters. The van der Waals surface area contributed by atoms with E-state index < -0.39 is 53.5 Å². The lowest BCUT2D eigenvalue weighted by Gasteiger charge is -2.42. The van der Waals surface area contributed by atoms with Gasteiger partial charge in [-0.15, -0.1) is 0 Å². The number of hydrogen-bond acceptors (Lipinski definition) is 4. The van der Waals surface area contributed by atoms with Crippen LogP contribution < -0.4 is 15.4 Å². The van der Waals surface area contributed by atoms with E-state index in [0.717, 1.165) is 34.6 Å². The Morgan fingerprint density at radius 3 is 2.00 bits per heavy atom. The van der Waals surface area contributed by atoms with Crippen LogP contribution in [0.2, 0.25) is 0 Å². The molecule has 0 bridgehead atoms. The molecule has 11 aromatic rings. The Balaban J connectivity index is 1.01. The number of hydrogen-bond donors (Lipinski definition) is 2. The molecule has 9 aromatic carbocycles. The van der Waals surface area contributed by atoms with E-state index in [1.165, 1.54) is 0 Å². The lowest BCUT2D eigenvalue weighted by Crippen LogP contribution is -2.33. The quantitative estimate of drug-likeness (QED) is 0.121. The summed E-state index contributed by atoms with van der Waals surface area (Å²) in [7, 11) is 0. The van der Waals surface area contributed by atoms with Gasteiger partial charge in [0, 0.05) is 48.7 Å². The topological polar surface area (TPSA) is 51.1 Å². The smallest absolute Gasteiger partial charge is 0.137 e. The van der Waals surface area contributed by atoms with Gasteiger partial charge in [0.1, 0.15) is 17.3 Å². The highest BCUT2D eigenvalue weighted by molar-refractivity contribution is 6.09. The van der Waals surface area contributed by atoms with Gasteiger partial charge in [0.05, 0.1) is 43.2 Å². The number of rotatable bonds is 13. The van der Waals surface area contributed by atoms with E-state index in [0.29, 0.717) is 62.2 Å². The summed E-state index contributed by atoms with van der Waals surface area (Å²) in [5, 5.41) is 9.18. The van der Waals surface area contributed by atoms with Gasteiger partial charge < -0.3 is 15.4 Å². The molecule has 5 heteroatoms. The van der Waals surface area contributed by atoms with Gasteiger partial charge in [-0.2, -0.15) is 0 Å². The summed E-state index contributed by atoms with van der Waals surface area (Å²) in [6.07, 6.45) is 1.53. The van der Waals surface area contributed by atoms with Crippen LogP contribution in [-0.4, -0.2) is 9.55 Å². The van der Waals surface area contributed by atoms with Gasteiger partial charge in [-0.3, -0.25) is 4.57 Å². The molecule has 374 valence electrons. The van der Waals surface area contributed by atoms with Gasteiger partial charge in [0.25, 0.3) is 0 Å². The van der Waals surface area contributed by atoms with E-state index in [1.54, 1.807) is 60.8 Å². The molecule has 0 aliphatic heterocycles. The predicted molar refractivity (Wildman–Crippen MR) is 320 cm³/mol. The number of fused-ring (bicyclic) bond motifs is 4. The van der Waals surface area contributed by atoms with Crippen LogP contribution in [0.5, 0.6) is 11.5 Å². The monoisotopic (exact) mass is 1000 g/mol. The summed E-state index contributed by atoms with van der Waals surface area (Å²) in [5.74, 6) is 1.34. The fourth-order valence-electron chi connectivity index (χ4n) is 10.4. The summed E-state index contributed by atoms with van der Waals surface area (Å²) in [4.78, 5) is 4.75. The maximum absolute atomic E-state index is 10.2. The van der Waals surface area contributed by atoms with E-state index in [2.05, 4.69) is 30.5 Å². The summed E-state index contributed by atoms with van der Waals surface area (Å²) in [6, 6.07) is 41.7. The standard InChI is InChI=1S/C71H64N4O/c1-47(2)39-48-35-38-72-68(40-48)75-66-30-16-13-25-60(66)61-33-32-57(46-67(61)75)76-56-24-17-23-55(45-56)73-64-28-14-15-29-65(64)74-69-58(51-31-34-62-63(44-51)71(5,6)37-36-70(62,3)4)26-18-27-59(69)54-42-52(49-19-9-7-10-20-49)41-53(43-54)50-21-11-8-12-22-50/h7-35,38,40-47,73-74H,36-37,39H2,1-6H3/i7D,9D,10D,19D,20D,31D,34D,39D2,41D,42D,43D,44D. The van der Waals surface area contributed by atoms with Crippen molar-refractivity contribution in [1.29, 1.82) is 0 Å². The number of nitrogens with zero attached hydrogens (tertiary/aromatic N) is 2. The Hall–Kier alpha value is -8.67. The van der Waals surface area contributed by atoms with E-state index >= 15 is 0 Å². The zero-order valence-electron chi connectivity index (χ0n) is 56.3. The van der Waals surface area contributed by atoms with E-state index in [1.807, 2.05) is 123 Å². The van der Waals surface area contributed by atoms with Crippen molar-refractivity contribution in [3.05, 3.63) is 241 Å². The van der Waals surface area contributed by atoms with Crippen molar-refractivity contribution >= 4 is 44.6 Å². The molecule has 0 amide bonds. The first-order chi connectivity index (χ1) is 42.3. The van der Waals surface area contributed by atoms with Crippen LogP contribution in [0.4, 0.5) is 22.7 Å². The normalized spacial score (nSPS) is 16.3. The molecule has 0 saturated carbocycles. The number of benzene rings is 9. The van der Waals surface area contributed by atoms with Crippen molar-refractivity contribution in [2.24, 2.45) is 5.92 Å². The Morgan fingerprint density at radius 2 is 1.21 bits per heavy atom. The van der Waals surface area contributed by atoms with Gasteiger partial charge in [-0.25, -0.2) is 4.98 Å². The highest BCUT2D eigenvalue weighted by atomic mass is 16.5. The fourth-order valence-corrected chi connectivity index (χ4v) is 10.4. The molecule has 0 fully saturated rings. The van der Waals surface area contributed by atoms with E-state index in [4.69, 9.17) is 19.3 Å². The van der Waals surface area contributed by atoms with Crippen molar-refractivity contribution in [3.8, 4) is 61.8 Å². The molecular weight excluding hydrogens is 925 g/mol. The number of aromatic nitrogens is 2. The second kappa shape index (κ2) is 19.9. The van der Waals surface area contributed by atoms with Crippen LogP contribution in [-0.2, 0) is 17.2 Å². The molecule has 2 N–H and O–H groups in total. The summed E-state index contributed by atoms with van der Waals surface area (Å²) in [5.41, 5.74) is 4.85. The molecule has 0 saturated heterocycles. The average molecular weight is 1000 g/mol. The first-order valence-corrected chi connectivity index (χ1v) is 25.8. The Labute approximate surface area is 466 Å². The Kier molecular flexibility index (Phi) is 9.29. The van der Waals surface area contributed by atoms with Crippen LogP contribution in [0.3, 0.4) is 0 Å². The number of para-hydroxylation sites is 4. The summed E-state index contributed by atoms with van der Waals surface area (Å²) < 4.78 is 130. The zero-order chi connectivity index (χ0) is 63.3. The maximum Gasteiger partial charge on any atom is 0.137 e. The van der Waals surface area contributed by atoms with E-state index in [9.17, 15) is 8.22 Å². The predicted octanol–water partition coefficient (Wildman–Crippen LogP) is 19.7. The van der Waals surface area contributed by atoms with Crippen LogP contribution in [0, 0.1) is 5.92 Å². The average Bonchev–Trinajstić information content (AvgIpc) is 1.31. The van der Waals surface area contributed by atoms with Gasteiger partial charge in [0.2, 0.25) is 0 Å². The molecule has 76 heavy (non-hydrogen) atoms. The van der Waals surface area contributed by atoms with Crippen molar-refractivity contribution in [2.75, 3.05) is 10.6 Å². The minimum atomic E-state index is -1.59. The molecule has 1 aliphatic rings. The van der Waals surface area contributed by atoms with Crippen molar-refractivity contribution in [2.45, 2.75) is 71.6 Å². The zero-order valence-corrected chi connectivity index (χ0v) is 43.3. The molecular formula is C71H64N4O. The Morgan fingerprint density at radius 1 is 0.553 bits per heavy atom. The highest BCUT2D eigenvalue weighted by Gasteiger charge is 2.37. The maximum atomic E-state index is 10.2. The summed E-state index contributed by atoms with van der Waals surface area (Å²) in [6.45, 7) is 11.9. The second-order valence-corrected chi connectivity index (χ2v) is 21.0. The molecule has 0 radical (unpaired) electrons. The van der Waals surface area contributed by atoms with Crippen LogP contribution in [0.15, 0.2) is 224 Å². The van der Waals surface area contributed by atoms with Crippen LogP contribution in [0.1, 0.15) is 88.9 Å². The number of pyridine rings is 1. The molecule has 5 nitrogen and oxygen atoms in total. The largest absolute Gasteiger partial charge is 0.457 e. The molecule has 2 aromatic heterocycles. The third-order valence-corrected chi connectivity index (χ3v) is 14.3. The molecule has 2 heterocycles. The molecule has 1 aliphatic carbocycles. The number of ether oxygens (including phenoxy) is 1.